The van der Waals surface area contributed by atoms with Crippen LogP contribution in [0.2, 0.25) is 5.02 Å². The summed E-state index contributed by atoms with van der Waals surface area (Å²) >= 11 is 6.18. The zero-order valence-electron chi connectivity index (χ0n) is 19.0. The number of aromatic nitrogens is 4. The normalized spacial score (nSPS) is 15.8. The van der Waals surface area contributed by atoms with Crippen molar-refractivity contribution in [2.45, 2.75) is 25.9 Å². The number of nitrogens with one attached hydrogen (secondary N) is 1. The van der Waals surface area contributed by atoms with E-state index in [0.717, 1.165) is 5.56 Å². The van der Waals surface area contributed by atoms with Gasteiger partial charge in [-0.05, 0) is 23.8 Å². The van der Waals surface area contributed by atoms with Gasteiger partial charge in [0.25, 0.3) is 0 Å². The largest absolute Gasteiger partial charge is 0.495 e. The van der Waals surface area contributed by atoms with Gasteiger partial charge in [0.05, 0.1) is 18.2 Å². The number of amides is 2. The van der Waals surface area contributed by atoms with Crippen molar-refractivity contribution in [3.05, 3.63) is 59.8 Å². The van der Waals surface area contributed by atoms with E-state index in [1.807, 2.05) is 12.1 Å². The Labute approximate surface area is 202 Å². The third-order valence-corrected chi connectivity index (χ3v) is 6.01. The second kappa shape index (κ2) is 10.5. The Morgan fingerprint density at radius 3 is 2.79 bits per heavy atom. The number of benzene rings is 1. The highest BCUT2D eigenvalue weighted by Gasteiger charge is 2.31. The van der Waals surface area contributed by atoms with Crippen LogP contribution in [-0.4, -0.2) is 69.0 Å². The molecule has 10 nitrogen and oxygen atoms in total. The number of ether oxygens (including phenoxy) is 1. The van der Waals surface area contributed by atoms with E-state index in [1.165, 1.54) is 0 Å². The van der Waals surface area contributed by atoms with Crippen LogP contribution in [0.1, 0.15) is 18.9 Å². The second-order valence-corrected chi connectivity index (χ2v) is 8.35. The quantitative estimate of drug-likeness (QED) is 0.548. The van der Waals surface area contributed by atoms with Crippen LogP contribution in [0, 0.1) is 0 Å². The van der Waals surface area contributed by atoms with Gasteiger partial charge in [-0.15, -0.1) is 0 Å². The Bertz CT molecular complexity index is 1160. The van der Waals surface area contributed by atoms with Crippen molar-refractivity contribution in [1.29, 1.82) is 0 Å². The first-order valence-electron chi connectivity index (χ1n) is 10.9. The molecule has 1 N–H and O–H groups in total. The zero-order chi connectivity index (χ0) is 24.1. The van der Waals surface area contributed by atoms with Crippen LogP contribution in [-0.2, 0) is 16.1 Å². The van der Waals surface area contributed by atoms with Crippen molar-refractivity contribution in [1.82, 2.24) is 29.7 Å². The van der Waals surface area contributed by atoms with E-state index in [2.05, 4.69) is 25.2 Å². The molecule has 0 saturated carbocycles. The SMILES string of the molecule is COc1ccc(CNC(=O)CC2CN(C(C)=O)CCN2c2ccnc(-n3ccnc3)n2)cc1Cl. The smallest absolute Gasteiger partial charge is 0.236 e. The molecule has 0 radical (unpaired) electrons. The lowest BCUT2D eigenvalue weighted by atomic mass is 10.1. The summed E-state index contributed by atoms with van der Waals surface area (Å²) < 4.78 is 6.89. The molecule has 0 spiro atoms. The Morgan fingerprint density at radius 1 is 1.24 bits per heavy atom. The van der Waals surface area contributed by atoms with E-state index >= 15 is 0 Å². The van der Waals surface area contributed by atoms with Crippen LogP contribution >= 0.6 is 11.6 Å². The average molecular weight is 484 g/mol. The minimum atomic E-state index is -0.234. The number of rotatable bonds is 7. The molecule has 1 fully saturated rings. The first kappa shape index (κ1) is 23.5. The number of hydrogen-bond donors (Lipinski definition) is 1. The molecular weight excluding hydrogens is 458 g/mol. The predicted octanol–water partition coefficient (Wildman–Crippen LogP) is 2.07. The van der Waals surface area contributed by atoms with Gasteiger partial charge in [0.2, 0.25) is 17.8 Å². The van der Waals surface area contributed by atoms with Gasteiger partial charge in [-0.3, -0.25) is 14.2 Å². The standard InChI is InChI=1S/C23H26ClN7O3/c1-16(32)29-9-10-31(21-5-6-26-23(28-21)30-8-7-25-15-30)18(14-29)12-22(33)27-13-17-3-4-20(34-2)19(24)11-17/h3-8,11,15,18H,9-10,12-14H2,1-2H3,(H,27,33). The molecule has 3 heterocycles. The lowest BCUT2D eigenvalue weighted by Gasteiger charge is -2.41. The second-order valence-electron chi connectivity index (χ2n) is 7.95. The molecule has 3 aromatic rings. The fourth-order valence-electron chi connectivity index (χ4n) is 3.93. The van der Waals surface area contributed by atoms with E-state index in [1.54, 1.807) is 60.6 Å². The maximum absolute atomic E-state index is 12.9. The van der Waals surface area contributed by atoms with E-state index in [-0.39, 0.29) is 24.3 Å². The molecule has 0 bridgehead atoms. The number of imidazole rings is 1. The number of piperazine rings is 1. The topological polar surface area (TPSA) is 105 Å². The minimum Gasteiger partial charge on any atom is -0.495 e. The van der Waals surface area contributed by atoms with Crippen molar-refractivity contribution in [3.63, 3.8) is 0 Å². The van der Waals surface area contributed by atoms with Gasteiger partial charge in [-0.25, -0.2) is 9.97 Å². The van der Waals surface area contributed by atoms with Gasteiger partial charge in [0.15, 0.2) is 0 Å². The highest BCUT2D eigenvalue weighted by Crippen LogP contribution is 2.25. The molecule has 2 amide bonds. The van der Waals surface area contributed by atoms with Crippen molar-refractivity contribution in [3.8, 4) is 11.7 Å². The Morgan fingerprint density at radius 2 is 2.09 bits per heavy atom. The molecule has 34 heavy (non-hydrogen) atoms. The van der Waals surface area contributed by atoms with Gasteiger partial charge >= 0.3 is 0 Å². The zero-order valence-corrected chi connectivity index (χ0v) is 19.8. The first-order chi connectivity index (χ1) is 16.4. The van der Waals surface area contributed by atoms with Gasteiger partial charge in [-0.2, -0.15) is 4.98 Å². The summed E-state index contributed by atoms with van der Waals surface area (Å²) in [7, 11) is 1.55. The van der Waals surface area contributed by atoms with Crippen molar-refractivity contribution >= 4 is 29.2 Å². The molecule has 1 aromatic carbocycles. The number of halogens is 1. The summed E-state index contributed by atoms with van der Waals surface area (Å²) in [6, 6.07) is 6.97. The molecule has 4 rings (SSSR count). The number of anilines is 1. The first-order valence-corrected chi connectivity index (χ1v) is 11.2. The Hall–Kier alpha value is -3.66. The number of hydrogen-bond acceptors (Lipinski definition) is 7. The number of carbonyl (C=O) groups is 2. The lowest BCUT2D eigenvalue weighted by Crippen LogP contribution is -2.56. The minimum absolute atomic E-state index is 0.0141. The van der Waals surface area contributed by atoms with E-state index in [4.69, 9.17) is 16.3 Å². The summed E-state index contributed by atoms with van der Waals surface area (Å²) in [5.74, 6) is 1.63. The maximum Gasteiger partial charge on any atom is 0.236 e. The monoisotopic (exact) mass is 483 g/mol. The average Bonchev–Trinajstić information content (AvgIpc) is 3.38. The summed E-state index contributed by atoms with van der Waals surface area (Å²) in [5.41, 5.74) is 0.866. The molecule has 11 heteroatoms. The summed E-state index contributed by atoms with van der Waals surface area (Å²) in [5, 5.41) is 3.44. The lowest BCUT2D eigenvalue weighted by molar-refractivity contribution is -0.130. The van der Waals surface area contributed by atoms with Crippen LogP contribution in [0.3, 0.4) is 0 Å². The highest BCUT2D eigenvalue weighted by molar-refractivity contribution is 6.32. The number of methoxy groups -OCH3 is 1. The van der Waals surface area contributed by atoms with Gasteiger partial charge < -0.3 is 19.9 Å². The van der Waals surface area contributed by atoms with Gasteiger partial charge in [0.1, 0.15) is 17.9 Å². The van der Waals surface area contributed by atoms with Crippen molar-refractivity contribution < 1.29 is 14.3 Å². The fourth-order valence-corrected chi connectivity index (χ4v) is 4.21. The van der Waals surface area contributed by atoms with E-state index in [9.17, 15) is 9.59 Å². The Kier molecular flexibility index (Phi) is 7.27. The van der Waals surface area contributed by atoms with Crippen molar-refractivity contribution in [2.75, 3.05) is 31.6 Å². The highest BCUT2D eigenvalue weighted by atomic mass is 35.5. The molecule has 0 aliphatic carbocycles. The van der Waals surface area contributed by atoms with E-state index in [0.29, 0.717) is 48.7 Å². The van der Waals surface area contributed by atoms with Gasteiger partial charge in [0, 0.05) is 58.1 Å². The van der Waals surface area contributed by atoms with Gasteiger partial charge in [-0.1, -0.05) is 17.7 Å². The fraction of sp³-hybridized carbons (Fsp3) is 0.348. The molecule has 1 unspecified atom stereocenters. The third kappa shape index (κ3) is 5.45. The van der Waals surface area contributed by atoms with Crippen molar-refractivity contribution in [2.24, 2.45) is 0 Å². The molecule has 1 saturated heterocycles. The van der Waals surface area contributed by atoms with Crippen LogP contribution in [0.5, 0.6) is 5.75 Å². The molecule has 1 aliphatic rings. The summed E-state index contributed by atoms with van der Waals surface area (Å²) in [6.45, 7) is 3.43. The third-order valence-electron chi connectivity index (χ3n) is 5.71. The van der Waals surface area contributed by atoms with Crippen LogP contribution < -0.4 is 15.0 Å². The van der Waals surface area contributed by atoms with Crippen LogP contribution in [0.15, 0.2) is 49.2 Å². The maximum atomic E-state index is 12.9. The molecule has 2 aromatic heterocycles. The molecule has 1 atom stereocenters. The van der Waals surface area contributed by atoms with E-state index < -0.39 is 0 Å². The molecular formula is C23H26ClN7O3. The summed E-state index contributed by atoms with van der Waals surface area (Å²) in [6.07, 6.45) is 6.94. The molecule has 178 valence electrons. The number of nitrogens with zero attached hydrogens (tertiary/aromatic N) is 6. The number of carbonyl (C=O) groups excluding carboxylic acids is 2. The molecule has 1 aliphatic heterocycles. The van der Waals surface area contributed by atoms with Crippen LogP contribution in [0.4, 0.5) is 5.82 Å². The summed E-state index contributed by atoms with van der Waals surface area (Å²) in [4.78, 5) is 41.7. The predicted molar refractivity (Wildman–Crippen MR) is 127 cm³/mol. The van der Waals surface area contributed by atoms with Crippen LogP contribution in [0.25, 0.3) is 5.95 Å². The Balaban J connectivity index is 1.47.